The van der Waals surface area contributed by atoms with Gasteiger partial charge in [0.2, 0.25) is 11.8 Å². The molecule has 0 atom stereocenters. The summed E-state index contributed by atoms with van der Waals surface area (Å²) in [4.78, 5) is 16.8. The van der Waals surface area contributed by atoms with E-state index in [4.69, 9.17) is 16.0 Å². The van der Waals surface area contributed by atoms with Gasteiger partial charge in [0.25, 0.3) is 5.56 Å². The lowest BCUT2D eigenvalue weighted by molar-refractivity contribution is -0.137. The lowest BCUT2D eigenvalue weighted by Gasteiger charge is -2.12. The molecular formula is C20H14ClF3N6O2S. The Balaban J connectivity index is 1.58. The van der Waals surface area contributed by atoms with Crippen LogP contribution in [0.1, 0.15) is 37.0 Å². The third-order valence-corrected chi connectivity index (χ3v) is 6.19. The first kappa shape index (κ1) is 21.6. The van der Waals surface area contributed by atoms with E-state index < -0.39 is 17.3 Å². The number of halogens is 4. The number of aromatic nitrogens is 6. The van der Waals surface area contributed by atoms with Crippen LogP contribution in [0.3, 0.4) is 0 Å². The van der Waals surface area contributed by atoms with Crippen LogP contribution in [0.15, 0.2) is 39.8 Å². The first-order valence-electron chi connectivity index (χ1n) is 9.69. The topological polar surface area (TPSA) is 91.1 Å². The molecule has 0 N–H and O–H groups in total. The molecule has 0 saturated heterocycles. The normalized spacial score (nSPS) is 12.5. The van der Waals surface area contributed by atoms with E-state index in [1.54, 1.807) is 16.5 Å². The zero-order chi connectivity index (χ0) is 23.5. The van der Waals surface area contributed by atoms with Crippen LogP contribution in [0.4, 0.5) is 13.2 Å². The number of hydrogen-bond acceptors (Lipinski definition) is 7. The molecule has 0 aliphatic heterocycles. The third-order valence-electron chi connectivity index (χ3n) is 4.99. The van der Waals surface area contributed by atoms with E-state index >= 15 is 0 Å². The van der Waals surface area contributed by atoms with Gasteiger partial charge in [-0.05, 0) is 18.2 Å². The van der Waals surface area contributed by atoms with Crippen LogP contribution < -0.4 is 5.56 Å². The monoisotopic (exact) mass is 494 g/mol. The fourth-order valence-corrected chi connectivity index (χ4v) is 4.72. The maximum Gasteiger partial charge on any atom is 0.417 e. The molecule has 0 saturated carbocycles. The molecule has 0 unspecified atom stereocenters. The van der Waals surface area contributed by atoms with Crippen LogP contribution in [0.25, 0.3) is 27.2 Å². The van der Waals surface area contributed by atoms with E-state index in [1.165, 1.54) is 16.0 Å². The van der Waals surface area contributed by atoms with Gasteiger partial charge in [0.05, 0.1) is 25.7 Å². The smallest absolute Gasteiger partial charge is 0.417 e. The molecule has 5 aromatic rings. The van der Waals surface area contributed by atoms with Crippen LogP contribution in [0.5, 0.6) is 0 Å². The molecule has 33 heavy (non-hydrogen) atoms. The molecule has 5 aromatic heterocycles. The lowest BCUT2D eigenvalue weighted by Crippen LogP contribution is -2.28. The Morgan fingerprint density at radius 3 is 2.73 bits per heavy atom. The van der Waals surface area contributed by atoms with Gasteiger partial charge in [-0.15, -0.1) is 21.5 Å². The highest BCUT2D eigenvalue weighted by molar-refractivity contribution is 7.22. The molecule has 8 nitrogen and oxygen atoms in total. The second-order valence-corrected chi connectivity index (χ2v) is 9.28. The molecule has 0 spiro atoms. The van der Waals surface area contributed by atoms with Crippen molar-refractivity contribution in [1.29, 1.82) is 0 Å². The van der Waals surface area contributed by atoms with Gasteiger partial charge in [0, 0.05) is 18.3 Å². The number of fused-ring (bicyclic) bond motifs is 3. The highest BCUT2D eigenvalue weighted by atomic mass is 35.5. The Morgan fingerprint density at radius 2 is 2.00 bits per heavy atom. The average Bonchev–Trinajstić information content (AvgIpc) is 3.44. The van der Waals surface area contributed by atoms with Crippen molar-refractivity contribution in [3.05, 3.63) is 62.6 Å². The summed E-state index contributed by atoms with van der Waals surface area (Å²) in [5.41, 5.74) is -0.504. The molecule has 0 aliphatic carbocycles. The molecule has 0 amide bonds. The first-order chi connectivity index (χ1) is 15.6. The number of pyridine rings is 1. The van der Waals surface area contributed by atoms with Crippen molar-refractivity contribution in [2.24, 2.45) is 0 Å². The van der Waals surface area contributed by atoms with Crippen LogP contribution in [0.2, 0.25) is 4.34 Å². The van der Waals surface area contributed by atoms with E-state index in [0.29, 0.717) is 15.7 Å². The molecule has 0 fully saturated rings. The minimum Gasteiger partial charge on any atom is -0.419 e. The lowest BCUT2D eigenvalue weighted by atomic mass is 10.1. The zero-order valence-electron chi connectivity index (χ0n) is 17.1. The van der Waals surface area contributed by atoms with Crippen LogP contribution in [-0.4, -0.2) is 29.4 Å². The van der Waals surface area contributed by atoms with E-state index in [2.05, 4.69) is 20.3 Å². The fourth-order valence-electron chi connectivity index (χ4n) is 3.56. The van der Waals surface area contributed by atoms with E-state index in [-0.39, 0.29) is 29.8 Å². The Bertz CT molecular complexity index is 1570. The van der Waals surface area contributed by atoms with Gasteiger partial charge in [-0.2, -0.15) is 18.3 Å². The molecule has 0 aromatic carbocycles. The summed E-state index contributed by atoms with van der Waals surface area (Å²) in [5.74, 6) is 0.158. The molecular weight excluding hydrogens is 481 g/mol. The summed E-state index contributed by atoms with van der Waals surface area (Å²) in [6.07, 6.45) is -2.58. The van der Waals surface area contributed by atoms with Gasteiger partial charge in [-0.1, -0.05) is 25.4 Å². The number of nitrogens with zero attached hydrogens (tertiary/aromatic N) is 6. The number of rotatable bonds is 4. The maximum atomic E-state index is 13.3. The van der Waals surface area contributed by atoms with Crippen molar-refractivity contribution in [3.63, 3.8) is 0 Å². The van der Waals surface area contributed by atoms with E-state index in [9.17, 15) is 18.0 Å². The summed E-state index contributed by atoms with van der Waals surface area (Å²) >= 11 is 7.48. The molecule has 0 aliphatic rings. The molecule has 0 radical (unpaired) electrons. The SMILES string of the molecule is CC(C)c1nn(Cc2nnc(-c3cnccc3C(F)(F)F)o2)c(=O)c2cc3sc(Cl)cc3n12. The Kier molecular flexibility index (Phi) is 5.01. The Hall–Kier alpha value is -3.25. The van der Waals surface area contributed by atoms with Crippen molar-refractivity contribution in [3.8, 4) is 11.5 Å². The van der Waals surface area contributed by atoms with Crippen LogP contribution in [-0.2, 0) is 12.7 Å². The molecule has 13 heteroatoms. The number of thiophene rings is 1. The Labute approximate surface area is 192 Å². The molecule has 0 bridgehead atoms. The second kappa shape index (κ2) is 7.66. The van der Waals surface area contributed by atoms with E-state index in [0.717, 1.165) is 28.7 Å². The van der Waals surface area contributed by atoms with Crippen molar-refractivity contribution in [2.75, 3.05) is 0 Å². The average molecular weight is 495 g/mol. The van der Waals surface area contributed by atoms with Crippen molar-refractivity contribution in [1.82, 2.24) is 29.4 Å². The van der Waals surface area contributed by atoms with E-state index in [1.807, 2.05) is 13.8 Å². The minimum atomic E-state index is -4.62. The van der Waals surface area contributed by atoms with Gasteiger partial charge in [0.1, 0.15) is 17.9 Å². The second-order valence-electron chi connectivity index (χ2n) is 7.56. The number of hydrogen-bond donors (Lipinski definition) is 0. The highest BCUT2D eigenvalue weighted by Crippen LogP contribution is 2.36. The predicted octanol–water partition coefficient (Wildman–Crippen LogP) is 5.00. The summed E-state index contributed by atoms with van der Waals surface area (Å²) in [7, 11) is 0. The predicted molar refractivity (Wildman–Crippen MR) is 116 cm³/mol. The van der Waals surface area contributed by atoms with Crippen molar-refractivity contribution in [2.45, 2.75) is 32.5 Å². The van der Waals surface area contributed by atoms with Gasteiger partial charge in [-0.3, -0.25) is 14.2 Å². The largest absolute Gasteiger partial charge is 0.419 e. The fraction of sp³-hybridized carbons (Fsp3) is 0.250. The molecule has 5 heterocycles. The van der Waals surface area contributed by atoms with Crippen molar-refractivity contribution >= 4 is 38.7 Å². The summed E-state index contributed by atoms with van der Waals surface area (Å²) in [6, 6.07) is 4.35. The standard InChI is InChI=1S/C20H14ClF3N6O2S/c1-9(2)17-28-29(19(31)13-5-14-12(30(13)17)6-15(21)33-14)8-16-26-27-18(32-16)10-7-25-4-3-11(10)20(22,23)24/h3-7,9H,8H2,1-2H3. The van der Waals surface area contributed by atoms with Crippen molar-refractivity contribution < 1.29 is 17.6 Å². The van der Waals surface area contributed by atoms with Gasteiger partial charge >= 0.3 is 6.18 Å². The third kappa shape index (κ3) is 3.68. The molecule has 170 valence electrons. The van der Waals surface area contributed by atoms with Gasteiger partial charge in [0.15, 0.2) is 0 Å². The zero-order valence-corrected chi connectivity index (χ0v) is 18.7. The van der Waals surface area contributed by atoms with Gasteiger partial charge in [-0.25, -0.2) is 4.68 Å². The van der Waals surface area contributed by atoms with Crippen LogP contribution in [0, 0.1) is 0 Å². The number of alkyl halides is 3. The summed E-state index contributed by atoms with van der Waals surface area (Å²) in [5, 5.41) is 12.0. The summed E-state index contributed by atoms with van der Waals surface area (Å²) in [6.45, 7) is 3.66. The highest BCUT2D eigenvalue weighted by Gasteiger charge is 2.35. The Morgan fingerprint density at radius 1 is 1.21 bits per heavy atom. The first-order valence-corrected chi connectivity index (χ1v) is 10.9. The summed E-state index contributed by atoms with van der Waals surface area (Å²) < 4.78 is 49.8. The van der Waals surface area contributed by atoms with Crippen LogP contribution >= 0.6 is 22.9 Å². The van der Waals surface area contributed by atoms with Gasteiger partial charge < -0.3 is 4.42 Å². The quantitative estimate of drug-likeness (QED) is 0.349. The maximum absolute atomic E-state index is 13.3. The minimum absolute atomic E-state index is 0.0448. The molecule has 5 rings (SSSR count).